The van der Waals surface area contributed by atoms with E-state index in [-0.39, 0.29) is 11.9 Å². The molecule has 0 N–H and O–H groups in total. The summed E-state index contributed by atoms with van der Waals surface area (Å²) in [6.07, 6.45) is 13.4. The molecule has 2 aromatic rings. The average Bonchev–Trinajstić information content (AvgIpc) is 3.28. The molecule has 0 fully saturated rings. The lowest BCUT2D eigenvalue weighted by atomic mass is 10.0. The SMILES string of the molecule is Cc1ccccc1C(=O)N1CCn2cccc2C1C1=COC=C(C2=CC=CCC2)O1. The Labute approximate surface area is 176 Å². The summed E-state index contributed by atoms with van der Waals surface area (Å²) in [4.78, 5) is 15.4. The molecule has 5 nitrogen and oxygen atoms in total. The minimum Gasteiger partial charge on any atom is -0.465 e. The van der Waals surface area contributed by atoms with Crippen molar-refractivity contribution < 1.29 is 14.3 Å². The van der Waals surface area contributed by atoms with Gasteiger partial charge in [-0.15, -0.1) is 0 Å². The first-order valence-electron chi connectivity index (χ1n) is 10.3. The van der Waals surface area contributed by atoms with E-state index in [4.69, 9.17) is 9.47 Å². The standard InChI is InChI=1S/C25H24N2O3/c1-18-8-5-6-11-20(18)25(28)27-15-14-26-13-7-12-21(26)24(27)23-17-29-16-22(30-23)19-9-3-2-4-10-19/h2-3,5-9,11-13,16-17,24H,4,10,14-15H2,1H3. The van der Waals surface area contributed by atoms with Gasteiger partial charge in [0.2, 0.25) is 0 Å². The number of allylic oxidation sites excluding steroid dienone is 4. The maximum atomic E-state index is 13.5. The second-order valence-corrected chi connectivity index (χ2v) is 7.74. The molecule has 0 bridgehead atoms. The molecular weight excluding hydrogens is 376 g/mol. The summed E-state index contributed by atoms with van der Waals surface area (Å²) in [5.74, 6) is 1.35. The van der Waals surface area contributed by atoms with Crippen LogP contribution in [0.25, 0.3) is 0 Å². The Kier molecular flexibility index (Phi) is 4.79. The molecule has 152 valence electrons. The third-order valence-corrected chi connectivity index (χ3v) is 5.86. The molecule has 1 aromatic carbocycles. The Morgan fingerprint density at radius 2 is 2.00 bits per heavy atom. The number of carbonyl (C=O) groups excluding carboxylic acids is 1. The molecule has 1 unspecified atom stereocenters. The molecule has 5 heteroatoms. The molecule has 1 aromatic heterocycles. The Bertz CT molecular complexity index is 1100. The summed E-state index contributed by atoms with van der Waals surface area (Å²) < 4.78 is 14.2. The number of aryl methyl sites for hydroxylation is 1. The molecule has 2 aliphatic heterocycles. The molecule has 0 saturated carbocycles. The van der Waals surface area contributed by atoms with E-state index in [9.17, 15) is 4.79 Å². The fraction of sp³-hybridized carbons (Fsp3) is 0.240. The molecule has 3 heterocycles. The van der Waals surface area contributed by atoms with E-state index in [1.165, 1.54) is 0 Å². The monoisotopic (exact) mass is 400 g/mol. The number of ether oxygens (including phenoxy) is 2. The first-order chi connectivity index (χ1) is 14.7. The number of rotatable bonds is 3. The topological polar surface area (TPSA) is 43.7 Å². The number of fused-ring (bicyclic) bond motifs is 1. The van der Waals surface area contributed by atoms with Crippen molar-refractivity contribution in [2.24, 2.45) is 0 Å². The predicted octanol–water partition coefficient (Wildman–Crippen LogP) is 5.00. The molecular formula is C25H24N2O3. The second-order valence-electron chi connectivity index (χ2n) is 7.74. The minimum atomic E-state index is -0.343. The lowest BCUT2D eigenvalue weighted by Crippen LogP contribution is -2.43. The lowest BCUT2D eigenvalue weighted by molar-refractivity contribution is 0.0570. The van der Waals surface area contributed by atoms with Crippen LogP contribution >= 0.6 is 0 Å². The van der Waals surface area contributed by atoms with Crippen molar-refractivity contribution in [1.29, 1.82) is 0 Å². The van der Waals surface area contributed by atoms with Gasteiger partial charge in [-0.05, 0) is 49.1 Å². The Hall–Kier alpha value is -3.47. The summed E-state index contributed by atoms with van der Waals surface area (Å²) in [5, 5.41) is 0. The van der Waals surface area contributed by atoms with Crippen LogP contribution in [-0.2, 0) is 16.0 Å². The van der Waals surface area contributed by atoms with Crippen LogP contribution in [-0.4, -0.2) is 21.9 Å². The number of aromatic nitrogens is 1. The van der Waals surface area contributed by atoms with Gasteiger partial charge >= 0.3 is 0 Å². The highest BCUT2D eigenvalue weighted by atomic mass is 16.5. The van der Waals surface area contributed by atoms with Gasteiger partial charge in [-0.2, -0.15) is 0 Å². The van der Waals surface area contributed by atoms with Crippen LogP contribution in [0.3, 0.4) is 0 Å². The maximum absolute atomic E-state index is 13.5. The lowest BCUT2D eigenvalue weighted by Gasteiger charge is -2.38. The number of hydrogen-bond acceptors (Lipinski definition) is 3. The van der Waals surface area contributed by atoms with Gasteiger partial charge in [-0.25, -0.2) is 0 Å². The second kappa shape index (κ2) is 7.75. The Morgan fingerprint density at radius 1 is 1.10 bits per heavy atom. The quantitative estimate of drug-likeness (QED) is 0.728. The van der Waals surface area contributed by atoms with Crippen molar-refractivity contribution in [1.82, 2.24) is 9.47 Å². The molecule has 0 spiro atoms. The van der Waals surface area contributed by atoms with E-state index < -0.39 is 0 Å². The van der Waals surface area contributed by atoms with Gasteiger partial charge in [0.1, 0.15) is 18.6 Å². The van der Waals surface area contributed by atoms with Gasteiger partial charge in [0.15, 0.2) is 11.5 Å². The Balaban J connectivity index is 1.50. The fourth-order valence-corrected chi connectivity index (χ4v) is 4.28. The predicted molar refractivity (Wildman–Crippen MR) is 114 cm³/mol. The third kappa shape index (κ3) is 3.26. The van der Waals surface area contributed by atoms with E-state index in [0.29, 0.717) is 18.1 Å². The highest BCUT2D eigenvalue weighted by Gasteiger charge is 2.37. The van der Waals surface area contributed by atoms with Crippen molar-refractivity contribution in [3.63, 3.8) is 0 Å². The molecule has 0 radical (unpaired) electrons. The van der Waals surface area contributed by atoms with E-state index >= 15 is 0 Å². The Morgan fingerprint density at radius 3 is 2.83 bits per heavy atom. The van der Waals surface area contributed by atoms with Gasteiger partial charge in [-0.1, -0.05) is 36.4 Å². The number of benzene rings is 1. The number of hydrogen-bond donors (Lipinski definition) is 0. The summed E-state index contributed by atoms with van der Waals surface area (Å²) in [7, 11) is 0. The van der Waals surface area contributed by atoms with Crippen molar-refractivity contribution in [2.45, 2.75) is 32.4 Å². The zero-order valence-electron chi connectivity index (χ0n) is 17.0. The van der Waals surface area contributed by atoms with Crippen LogP contribution in [0, 0.1) is 6.92 Å². The molecule has 5 rings (SSSR count). The van der Waals surface area contributed by atoms with Crippen LogP contribution in [0.4, 0.5) is 0 Å². The number of nitrogens with zero attached hydrogens (tertiary/aromatic N) is 2. The maximum Gasteiger partial charge on any atom is 0.255 e. The van der Waals surface area contributed by atoms with E-state index in [1.54, 1.807) is 12.5 Å². The van der Waals surface area contributed by atoms with Crippen LogP contribution in [0.2, 0.25) is 0 Å². The van der Waals surface area contributed by atoms with Crippen LogP contribution in [0.1, 0.15) is 40.5 Å². The molecule has 30 heavy (non-hydrogen) atoms. The fourth-order valence-electron chi connectivity index (χ4n) is 4.28. The molecule has 1 amide bonds. The van der Waals surface area contributed by atoms with Crippen molar-refractivity contribution in [3.8, 4) is 0 Å². The molecule has 3 aliphatic rings. The normalized spacial score (nSPS) is 20.4. The van der Waals surface area contributed by atoms with Crippen molar-refractivity contribution in [2.75, 3.05) is 6.54 Å². The first kappa shape index (κ1) is 18.6. The summed E-state index contributed by atoms with van der Waals surface area (Å²) >= 11 is 0. The smallest absolute Gasteiger partial charge is 0.255 e. The summed E-state index contributed by atoms with van der Waals surface area (Å²) in [6.45, 7) is 3.33. The molecule has 0 saturated heterocycles. The zero-order chi connectivity index (χ0) is 20.5. The molecule has 1 aliphatic carbocycles. The highest BCUT2D eigenvalue weighted by molar-refractivity contribution is 5.96. The van der Waals surface area contributed by atoms with Gasteiger partial charge < -0.3 is 18.9 Å². The zero-order valence-corrected chi connectivity index (χ0v) is 17.0. The van der Waals surface area contributed by atoms with Crippen LogP contribution in [0.15, 0.2) is 90.4 Å². The number of carbonyl (C=O) groups is 1. The van der Waals surface area contributed by atoms with Gasteiger partial charge in [-0.3, -0.25) is 4.79 Å². The molecule has 1 atom stereocenters. The van der Waals surface area contributed by atoms with Crippen LogP contribution in [0.5, 0.6) is 0 Å². The number of amides is 1. The van der Waals surface area contributed by atoms with Gasteiger partial charge in [0.05, 0.1) is 0 Å². The van der Waals surface area contributed by atoms with E-state index in [1.807, 2.05) is 60.5 Å². The van der Waals surface area contributed by atoms with Crippen LogP contribution < -0.4 is 0 Å². The third-order valence-electron chi connectivity index (χ3n) is 5.86. The van der Waals surface area contributed by atoms with E-state index in [0.717, 1.165) is 41.8 Å². The summed E-state index contributed by atoms with van der Waals surface area (Å²) in [5.41, 5.74) is 3.82. The summed E-state index contributed by atoms with van der Waals surface area (Å²) in [6, 6.07) is 11.4. The largest absolute Gasteiger partial charge is 0.465 e. The first-order valence-corrected chi connectivity index (χ1v) is 10.3. The van der Waals surface area contributed by atoms with E-state index in [2.05, 4.69) is 16.7 Å². The van der Waals surface area contributed by atoms with Gasteiger partial charge in [0.25, 0.3) is 5.91 Å². The van der Waals surface area contributed by atoms with Crippen molar-refractivity contribution in [3.05, 3.63) is 107 Å². The highest BCUT2D eigenvalue weighted by Crippen LogP contribution is 2.38. The van der Waals surface area contributed by atoms with Gasteiger partial charge in [0, 0.05) is 30.5 Å². The average molecular weight is 400 g/mol. The van der Waals surface area contributed by atoms with Crippen molar-refractivity contribution >= 4 is 5.91 Å². The minimum absolute atomic E-state index is 0.00553.